The topological polar surface area (TPSA) is 98.1 Å². The lowest BCUT2D eigenvalue weighted by Crippen LogP contribution is -2.36. The molecule has 0 fully saturated rings. The van der Waals surface area contributed by atoms with Crippen LogP contribution in [0.1, 0.15) is 12.8 Å². The van der Waals surface area contributed by atoms with Gasteiger partial charge in [0, 0.05) is 29.0 Å². The molecule has 0 aliphatic carbocycles. The van der Waals surface area contributed by atoms with Crippen LogP contribution in [0.2, 0.25) is 0 Å². The molecule has 2 aromatic rings. The molecule has 96 valence electrons. The summed E-state index contributed by atoms with van der Waals surface area (Å²) in [6, 6.07) is 1.84. The number of rotatable bonds is 4. The minimum absolute atomic E-state index is 0.128. The molecular formula is C11H13BrN4O2. The Labute approximate surface area is 112 Å². The Kier molecular flexibility index (Phi) is 3.74. The smallest absolute Gasteiger partial charge is 0.229 e. The van der Waals surface area contributed by atoms with Crippen LogP contribution in [0.15, 0.2) is 27.5 Å². The van der Waals surface area contributed by atoms with E-state index in [1.165, 1.54) is 0 Å². The van der Waals surface area contributed by atoms with Crippen molar-refractivity contribution in [1.29, 1.82) is 0 Å². The molecule has 1 atom stereocenters. The highest BCUT2D eigenvalue weighted by Gasteiger charge is 2.22. The Morgan fingerprint density at radius 1 is 1.50 bits per heavy atom. The molecule has 0 radical (unpaired) electrons. The van der Waals surface area contributed by atoms with Crippen LogP contribution in [0.5, 0.6) is 0 Å². The van der Waals surface area contributed by atoms with Gasteiger partial charge in [-0.2, -0.15) is 4.98 Å². The fourth-order valence-corrected chi connectivity index (χ4v) is 1.74. The SMILES string of the molecule is CC(O)(CN)Cc1nc(-c2cncc(Br)c2)no1. The molecule has 0 aliphatic heterocycles. The summed E-state index contributed by atoms with van der Waals surface area (Å²) < 4.78 is 5.91. The number of nitrogens with zero attached hydrogens (tertiary/aromatic N) is 3. The molecule has 7 heteroatoms. The summed E-state index contributed by atoms with van der Waals surface area (Å²) in [6.45, 7) is 1.75. The van der Waals surface area contributed by atoms with Gasteiger partial charge in [0.2, 0.25) is 11.7 Å². The van der Waals surface area contributed by atoms with Gasteiger partial charge in [-0.25, -0.2) is 0 Å². The lowest BCUT2D eigenvalue weighted by Gasteiger charge is -2.17. The second-order valence-electron chi connectivity index (χ2n) is 4.28. The Balaban J connectivity index is 2.21. The Hall–Kier alpha value is -1.31. The van der Waals surface area contributed by atoms with E-state index in [2.05, 4.69) is 31.1 Å². The van der Waals surface area contributed by atoms with E-state index >= 15 is 0 Å². The molecule has 2 rings (SSSR count). The average molecular weight is 313 g/mol. The highest BCUT2D eigenvalue weighted by atomic mass is 79.9. The molecular weight excluding hydrogens is 300 g/mol. The minimum atomic E-state index is -1.04. The largest absolute Gasteiger partial charge is 0.388 e. The predicted octanol–water partition coefficient (Wildman–Crippen LogP) is 1.15. The van der Waals surface area contributed by atoms with Gasteiger partial charge in [-0.3, -0.25) is 4.98 Å². The van der Waals surface area contributed by atoms with Crippen LogP contribution >= 0.6 is 15.9 Å². The quantitative estimate of drug-likeness (QED) is 0.878. The summed E-state index contributed by atoms with van der Waals surface area (Å²) in [4.78, 5) is 8.22. The monoisotopic (exact) mass is 312 g/mol. The molecule has 0 aromatic carbocycles. The van der Waals surface area contributed by atoms with Gasteiger partial charge < -0.3 is 15.4 Å². The van der Waals surface area contributed by atoms with E-state index in [9.17, 15) is 5.11 Å². The highest BCUT2D eigenvalue weighted by Crippen LogP contribution is 2.20. The van der Waals surface area contributed by atoms with E-state index in [1.54, 1.807) is 19.3 Å². The van der Waals surface area contributed by atoms with Crippen molar-refractivity contribution < 1.29 is 9.63 Å². The number of aromatic nitrogens is 3. The first-order valence-electron chi connectivity index (χ1n) is 5.36. The van der Waals surface area contributed by atoms with Gasteiger partial charge in [0.1, 0.15) is 0 Å². The minimum Gasteiger partial charge on any atom is -0.388 e. The second-order valence-corrected chi connectivity index (χ2v) is 5.20. The zero-order valence-corrected chi connectivity index (χ0v) is 11.4. The number of nitrogens with two attached hydrogens (primary N) is 1. The third-order valence-electron chi connectivity index (χ3n) is 2.40. The normalized spacial score (nSPS) is 14.4. The van der Waals surface area contributed by atoms with Gasteiger partial charge in [0.05, 0.1) is 12.0 Å². The molecule has 0 amide bonds. The molecule has 0 bridgehead atoms. The summed E-state index contributed by atoms with van der Waals surface area (Å²) in [5.41, 5.74) is 5.14. The lowest BCUT2D eigenvalue weighted by molar-refractivity contribution is 0.0610. The second kappa shape index (κ2) is 5.13. The lowest BCUT2D eigenvalue weighted by atomic mass is 10.0. The number of hydrogen-bond donors (Lipinski definition) is 2. The van der Waals surface area contributed by atoms with E-state index in [0.717, 1.165) is 10.0 Å². The number of halogens is 1. The number of hydrogen-bond acceptors (Lipinski definition) is 6. The van der Waals surface area contributed by atoms with Crippen molar-refractivity contribution in [3.8, 4) is 11.4 Å². The maximum absolute atomic E-state index is 9.83. The molecule has 3 N–H and O–H groups in total. The molecule has 0 saturated carbocycles. The van der Waals surface area contributed by atoms with Gasteiger partial charge in [0.15, 0.2) is 0 Å². The maximum atomic E-state index is 9.83. The molecule has 1 unspecified atom stereocenters. The van der Waals surface area contributed by atoms with E-state index in [1.807, 2.05) is 6.07 Å². The fraction of sp³-hybridized carbons (Fsp3) is 0.364. The zero-order valence-electron chi connectivity index (χ0n) is 9.80. The van der Waals surface area contributed by atoms with Crippen LogP contribution < -0.4 is 5.73 Å². The standard InChI is InChI=1S/C11H13BrN4O2/c1-11(17,6-13)3-9-15-10(16-18-9)7-2-8(12)5-14-4-7/h2,4-5,17H,3,6,13H2,1H3. The predicted molar refractivity (Wildman–Crippen MR) is 68.6 cm³/mol. The summed E-state index contributed by atoms with van der Waals surface area (Å²) in [6.07, 6.45) is 3.53. The Morgan fingerprint density at radius 2 is 2.28 bits per heavy atom. The van der Waals surface area contributed by atoms with Crippen LogP contribution in [0.4, 0.5) is 0 Å². The fourth-order valence-electron chi connectivity index (χ4n) is 1.38. The van der Waals surface area contributed by atoms with Gasteiger partial charge in [-0.05, 0) is 28.9 Å². The van der Waals surface area contributed by atoms with Crippen LogP contribution in [0, 0.1) is 0 Å². The van der Waals surface area contributed by atoms with Crippen molar-refractivity contribution >= 4 is 15.9 Å². The third-order valence-corrected chi connectivity index (χ3v) is 2.84. The average Bonchev–Trinajstić information content (AvgIpc) is 2.77. The van der Waals surface area contributed by atoms with Crippen LogP contribution in [0.3, 0.4) is 0 Å². The number of aliphatic hydroxyl groups is 1. The van der Waals surface area contributed by atoms with Crippen molar-refractivity contribution in [3.63, 3.8) is 0 Å². The molecule has 6 nitrogen and oxygen atoms in total. The van der Waals surface area contributed by atoms with Gasteiger partial charge in [-0.15, -0.1) is 0 Å². The zero-order chi connectivity index (χ0) is 13.2. The highest BCUT2D eigenvalue weighted by molar-refractivity contribution is 9.10. The molecule has 2 heterocycles. The molecule has 2 aromatic heterocycles. The van der Waals surface area contributed by atoms with Crippen molar-refractivity contribution in [1.82, 2.24) is 15.1 Å². The van der Waals surface area contributed by atoms with Crippen LogP contribution in [-0.4, -0.2) is 32.4 Å². The molecule has 0 spiro atoms. The van der Waals surface area contributed by atoms with Gasteiger partial charge >= 0.3 is 0 Å². The summed E-state index contributed by atoms with van der Waals surface area (Å²) in [7, 11) is 0. The first-order chi connectivity index (χ1) is 8.50. The van der Waals surface area contributed by atoms with Crippen molar-refractivity contribution in [2.45, 2.75) is 18.9 Å². The van der Waals surface area contributed by atoms with E-state index in [4.69, 9.17) is 10.3 Å². The summed E-state index contributed by atoms with van der Waals surface area (Å²) in [5.74, 6) is 0.784. The van der Waals surface area contributed by atoms with Crippen molar-refractivity contribution in [2.24, 2.45) is 5.73 Å². The summed E-state index contributed by atoms with van der Waals surface area (Å²) in [5, 5.41) is 13.7. The Morgan fingerprint density at radius 3 is 2.94 bits per heavy atom. The van der Waals surface area contributed by atoms with Crippen LogP contribution in [0.25, 0.3) is 11.4 Å². The molecule has 0 aliphatic rings. The summed E-state index contributed by atoms with van der Waals surface area (Å²) >= 11 is 3.32. The van der Waals surface area contributed by atoms with Crippen molar-refractivity contribution in [3.05, 3.63) is 28.8 Å². The van der Waals surface area contributed by atoms with Gasteiger partial charge in [0.25, 0.3) is 0 Å². The number of pyridine rings is 1. The Bertz CT molecular complexity index is 541. The molecule has 0 saturated heterocycles. The van der Waals surface area contributed by atoms with Crippen molar-refractivity contribution in [2.75, 3.05) is 6.54 Å². The maximum Gasteiger partial charge on any atom is 0.229 e. The first-order valence-corrected chi connectivity index (χ1v) is 6.15. The molecule has 18 heavy (non-hydrogen) atoms. The van der Waals surface area contributed by atoms with Crippen LogP contribution in [-0.2, 0) is 6.42 Å². The van der Waals surface area contributed by atoms with E-state index < -0.39 is 5.60 Å². The van der Waals surface area contributed by atoms with E-state index in [-0.39, 0.29) is 13.0 Å². The first kappa shape index (κ1) is 13.1. The van der Waals surface area contributed by atoms with E-state index in [0.29, 0.717) is 11.7 Å². The third kappa shape index (κ3) is 3.12. The van der Waals surface area contributed by atoms with Gasteiger partial charge in [-0.1, -0.05) is 5.16 Å².